The Kier molecular flexibility index (Phi) is 7.12. The van der Waals surface area contributed by atoms with Crippen molar-refractivity contribution in [3.63, 3.8) is 0 Å². The van der Waals surface area contributed by atoms with Crippen LogP contribution in [0.3, 0.4) is 0 Å². The van der Waals surface area contributed by atoms with Gasteiger partial charge in [0.25, 0.3) is 5.91 Å². The first-order valence-electron chi connectivity index (χ1n) is 9.42. The van der Waals surface area contributed by atoms with Crippen LogP contribution in [0.2, 0.25) is 0 Å². The largest absolute Gasteiger partial charge is 0.379 e. The second-order valence-electron chi connectivity index (χ2n) is 6.60. The number of rotatable bonds is 8. The number of ether oxygens (including phenoxy) is 1. The normalized spacial score (nSPS) is 14.7. The number of carbonyl (C=O) groups is 1. The molecule has 1 saturated heterocycles. The topological polar surface area (TPSA) is 79.4 Å². The highest BCUT2D eigenvalue weighted by Crippen LogP contribution is 2.09. The van der Waals surface area contributed by atoms with Crippen LogP contribution in [-0.4, -0.2) is 60.2 Å². The Balaban J connectivity index is 1.44. The summed E-state index contributed by atoms with van der Waals surface area (Å²) >= 11 is 0. The van der Waals surface area contributed by atoms with Crippen LogP contribution in [0.5, 0.6) is 0 Å². The summed E-state index contributed by atoms with van der Waals surface area (Å²) in [6, 6.07) is 10.1. The minimum absolute atomic E-state index is 0.121. The molecule has 7 heteroatoms. The molecule has 1 aromatic carbocycles. The van der Waals surface area contributed by atoms with Gasteiger partial charge in [-0.05, 0) is 25.5 Å². The fraction of sp³-hybridized carbons (Fsp3) is 0.450. The molecule has 1 aliphatic rings. The predicted molar refractivity (Wildman–Crippen MR) is 105 cm³/mol. The van der Waals surface area contributed by atoms with Gasteiger partial charge < -0.3 is 15.4 Å². The number of anilines is 1. The molecule has 0 spiro atoms. The van der Waals surface area contributed by atoms with E-state index < -0.39 is 0 Å². The third-order valence-electron chi connectivity index (χ3n) is 4.56. The van der Waals surface area contributed by atoms with Crippen LogP contribution in [0.1, 0.15) is 28.0 Å². The Morgan fingerprint density at radius 2 is 2.00 bits per heavy atom. The molecule has 7 nitrogen and oxygen atoms in total. The number of aryl methyl sites for hydroxylation is 1. The lowest BCUT2D eigenvalue weighted by molar-refractivity contribution is 0.0374. The number of nitrogens with one attached hydrogen (secondary N) is 2. The van der Waals surface area contributed by atoms with Crippen LogP contribution in [0.25, 0.3) is 0 Å². The van der Waals surface area contributed by atoms with Crippen molar-refractivity contribution >= 4 is 11.9 Å². The SMILES string of the molecule is Cc1nc(NCc2ccccc2)ncc1C(=O)NCCCN1CCOCC1. The molecule has 0 saturated carbocycles. The third kappa shape index (κ3) is 6.01. The molecule has 2 aromatic rings. The van der Waals surface area contributed by atoms with E-state index in [0.29, 0.717) is 30.3 Å². The maximum absolute atomic E-state index is 12.4. The monoisotopic (exact) mass is 369 g/mol. The number of aromatic nitrogens is 2. The van der Waals surface area contributed by atoms with Crippen LogP contribution in [0.4, 0.5) is 5.95 Å². The number of amides is 1. The molecule has 3 rings (SSSR count). The average molecular weight is 369 g/mol. The molecule has 0 radical (unpaired) electrons. The van der Waals surface area contributed by atoms with Gasteiger partial charge in [-0.1, -0.05) is 30.3 Å². The summed E-state index contributed by atoms with van der Waals surface area (Å²) in [7, 11) is 0. The zero-order valence-corrected chi connectivity index (χ0v) is 15.8. The van der Waals surface area contributed by atoms with E-state index in [1.54, 1.807) is 6.20 Å². The van der Waals surface area contributed by atoms with E-state index in [4.69, 9.17) is 4.74 Å². The summed E-state index contributed by atoms with van der Waals surface area (Å²) in [6.45, 7) is 7.63. The molecule has 2 N–H and O–H groups in total. The Morgan fingerprint density at radius 1 is 1.22 bits per heavy atom. The van der Waals surface area contributed by atoms with Gasteiger partial charge in [0, 0.05) is 32.4 Å². The minimum atomic E-state index is -0.121. The van der Waals surface area contributed by atoms with Crippen molar-refractivity contribution in [1.82, 2.24) is 20.2 Å². The maximum Gasteiger partial charge on any atom is 0.254 e. The molecule has 0 unspecified atom stereocenters. The van der Waals surface area contributed by atoms with Crippen LogP contribution < -0.4 is 10.6 Å². The number of nitrogens with zero attached hydrogens (tertiary/aromatic N) is 3. The van der Waals surface area contributed by atoms with Crippen molar-refractivity contribution in [2.75, 3.05) is 44.7 Å². The first kappa shape index (κ1) is 19.3. The summed E-state index contributed by atoms with van der Waals surface area (Å²) in [5.41, 5.74) is 2.35. The van der Waals surface area contributed by atoms with Gasteiger partial charge >= 0.3 is 0 Å². The second kappa shape index (κ2) is 9.99. The standard InChI is InChI=1S/C20H27N5O2/c1-16-18(19(26)21-8-5-9-25-10-12-27-13-11-25)15-23-20(24-16)22-14-17-6-3-2-4-7-17/h2-4,6-7,15H,5,8-14H2,1H3,(H,21,26)(H,22,23,24). The molecule has 0 aliphatic carbocycles. The number of hydrogen-bond acceptors (Lipinski definition) is 6. The first-order valence-corrected chi connectivity index (χ1v) is 9.42. The molecular weight excluding hydrogens is 342 g/mol. The van der Waals surface area contributed by atoms with E-state index in [1.807, 2.05) is 37.3 Å². The van der Waals surface area contributed by atoms with Crippen molar-refractivity contribution in [3.8, 4) is 0 Å². The molecule has 144 valence electrons. The van der Waals surface area contributed by atoms with Gasteiger partial charge in [-0.2, -0.15) is 0 Å². The lowest BCUT2D eigenvalue weighted by Crippen LogP contribution is -2.38. The highest BCUT2D eigenvalue weighted by molar-refractivity contribution is 5.94. The maximum atomic E-state index is 12.4. The fourth-order valence-electron chi connectivity index (χ4n) is 2.98. The molecule has 0 atom stereocenters. The van der Waals surface area contributed by atoms with Crippen molar-refractivity contribution in [3.05, 3.63) is 53.3 Å². The first-order chi connectivity index (χ1) is 13.2. The molecular formula is C20H27N5O2. The lowest BCUT2D eigenvalue weighted by Gasteiger charge is -2.26. The van der Waals surface area contributed by atoms with Crippen LogP contribution >= 0.6 is 0 Å². The van der Waals surface area contributed by atoms with Gasteiger partial charge in [0.2, 0.25) is 5.95 Å². The fourth-order valence-corrected chi connectivity index (χ4v) is 2.98. The summed E-state index contributed by atoms with van der Waals surface area (Å²) in [5.74, 6) is 0.407. The van der Waals surface area contributed by atoms with Crippen molar-refractivity contribution in [2.45, 2.75) is 19.9 Å². The molecule has 27 heavy (non-hydrogen) atoms. The Bertz CT molecular complexity index is 732. The predicted octanol–water partition coefficient (Wildman–Crippen LogP) is 1.85. The van der Waals surface area contributed by atoms with E-state index >= 15 is 0 Å². The van der Waals surface area contributed by atoms with E-state index in [2.05, 4.69) is 25.5 Å². The van der Waals surface area contributed by atoms with Crippen molar-refractivity contribution < 1.29 is 9.53 Å². The van der Waals surface area contributed by atoms with E-state index in [9.17, 15) is 4.79 Å². The second-order valence-corrected chi connectivity index (χ2v) is 6.60. The Hall–Kier alpha value is -2.51. The molecule has 0 bridgehead atoms. The van der Waals surface area contributed by atoms with Gasteiger partial charge in [0.05, 0.1) is 24.5 Å². The smallest absolute Gasteiger partial charge is 0.254 e. The summed E-state index contributed by atoms with van der Waals surface area (Å²) in [4.78, 5) is 23.4. The van der Waals surface area contributed by atoms with Crippen molar-refractivity contribution in [2.24, 2.45) is 0 Å². The van der Waals surface area contributed by atoms with Gasteiger partial charge in [0.1, 0.15) is 0 Å². The highest BCUT2D eigenvalue weighted by atomic mass is 16.5. The van der Waals surface area contributed by atoms with Crippen LogP contribution in [-0.2, 0) is 11.3 Å². The Labute approximate surface area is 160 Å². The molecule has 2 heterocycles. The molecule has 1 aliphatic heterocycles. The molecule has 1 aromatic heterocycles. The quantitative estimate of drug-likeness (QED) is 0.692. The molecule has 1 fully saturated rings. The summed E-state index contributed by atoms with van der Waals surface area (Å²) in [5, 5.41) is 6.15. The summed E-state index contributed by atoms with van der Waals surface area (Å²) in [6.07, 6.45) is 2.51. The molecule has 1 amide bonds. The van der Waals surface area contributed by atoms with Crippen molar-refractivity contribution in [1.29, 1.82) is 0 Å². The number of benzene rings is 1. The highest BCUT2D eigenvalue weighted by Gasteiger charge is 2.13. The van der Waals surface area contributed by atoms with Gasteiger partial charge in [-0.25, -0.2) is 9.97 Å². The van der Waals surface area contributed by atoms with E-state index in [-0.39, 0.29) is 5.91 Å². The van der Waals surface area contributed by atoms with E-state index in [0.717, 1.165) is 44.8 Å². The van der Waals surface area contributed by atoms with Crippen LogP contribution in [0, 0.1) is 6.92 Å². The third-order valence-corrected chi connectivity index (χ3v) is 4.56. The zero-order chi connectivity index (χ0) is 18.9. The lowest BCUT2D eigenvalue weighted by atomic mass is 10.2. The summed E-state index contributed by atoms with van der Waals surface area (Å²) < 4.78 is 5.34. The number of morpholine rings is 1. The van der Waals surface area contributed by atoms with Gasteiger partial charge in [-0.3, -0.25) is 9.69 Å². The van der Waals surface area contributed by atoms with Gasteiger partial charge in [-0.15, -0.1) is 0 Å². The van der Waals surface area contributed by atoms with E-state index in [1.165, 1.54) is 0 Å². The van der Waals surface area contributed by atoms with Crippen LogP contribution in [0.15, 0.2) is 36.5 Å². The number of carbonyl (C=O) groups excluding carboxylic acids is 1. The zero-order valence-electron chi connectivity index (χ0n) is 15.8. The Morgan fingerprint density at radius 3 is 2.74 bits per heavy atom. The number of hydrogen-bond donors (Lipinski definition) is 2. The minimum Gasteiger partial charge on any atom is -0.379 e. The van der Waals surface area contributed by atoms with Gasteiger partial charge in [0.15, 0.2) is 0 Å². The average Bonchev–Trinajstić information content (AvgIpc) is 2.71.